The molecular formula is C3H2BrF2N. The van der Waals surface area contributed by atoms with E-state index in [4.69, 9.17) is 5.26 Å². The number of nitriles is 1. The Morgan fingerprint density at radius 2 is 2.14 bits per heavy atom. The summed E-state index contributed by atoms with van der Waals surface area (Å²) in [6, 6.07) is 1.31. The van der Waals surface area contributed by atoms with Crippen LogP contribution in [0.2, 0.25) is 0 Å². The van der Waals surface area contributed by atoms with E-state index in [1.54, 1.807) is 0 Å². The highest BCUT2D eigenvalue weighted by Gasteiger charge is 2.22. The lowest BCUT2D eigenvalue weighted by molar-refractivity contribution is 0.121. The van der Waals surface area contributed by atoms with Gasteiger partial charge in [-0.15, -0.1) is 0 Å². The number of rotatable bonds is 1. The minimum atomic E-state index is -3.00. The van der Waals surface area contributed by atoms with Crippen molar-refractivity contribution >= 4 is 15.9 Å². The SMILES string of the molecule is N#CCC(F)(F)Br. The van der Waals surface area contributed by atoms with Crippen molar-refractivity contribution in [2.75, 3.05) is 0 Å². The fraction of sp³-hybridized carbons (Fsp3) is 0.667. The third-order valence-corrected chi connectivity index (χ3v) is 0.560. The molecule has 0 radical (unpaired) electrons. The third kappa shape index (κ3) is 5.83. The van der Waals surface area contributed by atoms with Crippen molar-refractivity contribution in [2.45, 2.75) is 11.3 Å². The lowest BCUT2D eigenvalue weighted by Crippen LogP contribution is -2.00. The van der Waals surface area contributed by atoms with E-state index < -0.39 is 11.3 Å². The second kappa shape index (κ2) is 2.22. The maximum absolute atomic E-state index is 11.4. The summed E-state index contributed by atoms with van der Waals surface area (Å²) in [5.41, 5.74) is 0. The van der Waals surface area contributed by atoms with Crippen molar-refractivity contribution in [3.63, 3.8) is 0 Å². The Balaban J connectivity index is 3.40. The second-order valence-electron chi connectivity index (χ2n) is 0.950. The van der Waals surface area contributed by atoms with Gasteiger partial charge in [0, 0.05) is 0 Å². The Labute approximate surface area is 48.1 Å². The third-order valence-electron chi connectivity index (χ3n) is 0.280. The molecule has 0 spiro atoms. The van der Waals surface area contributed by atoms with E-state index in [0.717, 1.165) is 0 Å². The number of hydrogen-bond donors (Lipinski definition) is 0. The summed E-state index contributed by atoms with van der Waals surface area (Å²) in [6.45, 7) is 0. The van der Waals surface area contributed by atoms with Gasteiger partial charge in [0.15, 0.2) is 0 Å². The summed E-state index contributed by atoms with van der Waals surface area (Å²) in [5, 5.41) is 7.64. The summed E-state index contributed by atoms with van der Waals surface area (Å²) in [7, 11) is 0. The maximum Gasteiger partial charge on any atom is 0.314 e. The van der Waals surface area contributed by atoms with Crippen molar-refractivity contribution in [1.29, 1.82) is 5.26 Å². The summed E-state index contributed by atoms with van der Waals surface area (Å²) in [6.07, 6.45) is -0.771. The van der Waals surface area contributed by atoms with Crippen LogP contribution in [-0.4, -0.2) is 4.83 Å². The fourth-order valence-corrected chi connectivity index (χ4v) is 0.215. The topological polar surface area (TPSA) is 23.8 Å². The standard InChI is InChI=1S/C3H2BrF2N/c4-3(5,6)1-2-7/h1H2. The number of halogens is 3. The highest BCUT2D eigenvalue weighted by atomic mass is 79.9. The van der Waals surface area contributed by atoms with E-state index in [1.807, 2.05) is 15.9 Å². The molecule has 0 saturated heterocycles. The van der Waals surface area contributed by atoms with E-state index in [0.29, 0.717) is 0 Å². The van der Waals surface area contributed by atoms with Gasteiger partial charge in [0.05, 0.1) is 6.07 Å². The summed E-state index contributed by atoms with van der Waals surface area (Å²) in [4.78, 5) is -3.00. The van der Waals surface area contributed by atoms with Crippen LogP contribution in [0.15, 0.2) is 0 Å². The number of nitrogens with zero attached hydrogens (tertiary/aromatic N) is 1. The summed E-state index contributed by atoms with van der Waals surface area (Å²) in [5.74, 6) is 0. The van der Waals surface area contributed by atoms with Crippen molar-refractivity contribution < 1.29 is 8.78 Å². The van der Waals surface area contributed by atoms with Crippen LogP contribution in [0.25, 0.3) is 0 Å². The average Bonchev–Trinajstić information content (AvgIpc) is 1.30. The molecule has 0 aromatic rings. The largest absolute Gasteiger partial charge is 0.314 e. The molecule has 0 aromatic heterocycles. The van der Waals surface area contributed by atoms with Crippen molar-refractivity contribution in [3.8, 4) is 6.07 Å². The van der Waals surface area contributed by atoms with E-state index in [1.165, 1.54) is 6.07 Å². The average molecular weight is 170 g/mol. The van der Waals surface area contributed by atoms with Crippen molar-refractivity contribution in [2.24, 2.45) is 0 Å². The Morgan fingerprint density at radius 3 is 2.14 bits per heavy atom. The monoisotopic (exact) mass is 169 g/mol. The molecule has 0 fully saturated rings. The van der Waals surface area contributed by atoms with Crippen LogP contribution in [-0.2, 0) is 0 Å². The molecule has 0 N–H and O–H groups in total. The zero-order valence-electron chi connectivity index (χ0n) is 3.29. The normalized spacial score (nSPS) is 10.6. The molecule has 0 saturated carbocycles. The molecule has 1 nitrogen and oxygen atoms in total. The van der Waals surface area contributed by atoms with Gasteiger partial charge in [-0.1, -0.05) is 0 Å². The quantitative estimate of drug-likeness (QED) is 0.551. The number of hydrogen-bond acceptors (Lipinski definition) is 1. The summed E-state index contributed by atoms with van der Waals surface area (Å²) < 4.78 is 22.8. The molecular weight excluding hydrogens is 168 g/mol. The zero-order valence-corrected chi connectivity index (χ0v) is 4.87. The molecule has 7 heavy (non-hydrogen) atoms. The molecule has 0 rings (SSSR count). The van der Waals surface area contributed by atoms with Gasteiger partial charge in [-0.2, -0.15) is 14.0 Å². The first-order valence-corrected chi connectivity index (χ1v) is 2.29. The van der Waals surface area contributed by atoms with Gasteiger partial charge >= 0.3 is 4.83 Å². The lowest BCUT2D eigenvalue weighted by atomic mass is 10.5. The Morgan fingerprint density at radius 1 is 1.71 bits per heavy atom. The van der Waals surface area contributed by atoms with Crippen LogP contribution in [0.5, 0.6) is 0 Å². The van der Waals surface area contributed by atoms with Crippen LogP contribution in [0.4, 0.5) is 8.78 Å². The predicted octanol–water partition coefficient (Wildman–Crippen LogP) is 1.89. The van der Waals surface area contributed by atoms with Crippen LogP contribution in [0.1, 0.15) is 6.42 Å². The minimum absolute atomic E-state index is 0.771. The minimum Gasteiger partial charge on any atom is -0.198 e. The molecule has 0 unspecified atom stereocenters. The first-order valence-electron chi connectivity index (χ1n) is 1.50. The Kier molecular flexibility index (Phi) is 2.16. The molecule has 40 valence electrons. The second-order valence-corrected chi connectivity index (χ2v) is 2.11. The zero-order chi connectivity index (χ0) is 5.91. The van der Waals surface area contributed by atoms with Gasteiger partial charge in [0.25, 0.3) is 0 Å². The van der Waals surface area contributed by atoms with E-state index in [2.05, 4.69) is 0 Å². The van der Waals surface area contributed by atoms with Gasteiger partial charge in [0.1, 0.15) is 6.42 Å². The van der Waals surface area contributed by atoms with Gasteiger partial charge in [-0.25, -0.2) is 0 Å². The molecule has 0 amide bonds. The van der Waals surface area contributed by atoms with Crippen molar-refractivity contribution in [1.82, 2.24) is 0 Å². The predicted molar refractivity (Wildman–Crippen MR) is 24.1 cm³/mol. The highest BCUT2D eigenvalue weighted by Crippen LogP contribution is 2.24. The Bertz CT molecular complexity index is 90.1. The first kappa shape index (κ1) is 6.83. The summed E-state index contributed by atoms with van der Waals surface area (Å²) >= 11 is 1.98. The van der Waals surface area contributed by atoms with E-state index >= 15 is 0 Å². The molecule has 0 aromatic carbocycles. The fourth-order valence-electron chi connectivity index (χ4n) is 0.0896. The lowest BCUT2D eigenvalue weighted by Gasteiger charge is -1.97. The molecule has 0 bridgehead atoms. The van der Waals surface area contributed by atoms with Gasteiger partial charge in [0.2, 0.25) is 0 Å². The maximum atomic E-state index is 11.4. The van der Waals surface area contributed by atoms with Gasteiger partial charge in [-0.05, 0) is 15.9 Å². The van der Waals surface area contributed by atoms with E-state index in [-0.39, 0.29) is 0 Å². The molecule has 0 heterocycles. The Hall–Kier alpha value is -0.170. The van der Waals surface area contributed by atoms with Crippen LogP contribution in [0, 0.1) is 11.3 Å². The number of alkyl halides is 3. The molecule has 0 aliphatic carbocycles. The molecule has 4 heteroatoms. The molecule has 0 aliphatic heterocycles. The molecule has 0 atom stereocenters. The van der Waals surface area contributed by atoms with Crippen molar-refractivity contribution in [3.05, 3.63) is 0 Å². The van der Waals surface area contributed by atoms with Crippen LogP contribution < -0.4 is 0 Å². The van der Waals surface area contributed by atoms with Gasteiger partial charge < -0.3 is 0 Å². The molecule has 0 aliphatic rings. The van der Waals surface area contributed by atoms with E-state index in [9.17, 15) is 8.78 Å². The van der Waals surface area contributed by atoms with Gasteiger partial charge in [-0.3, -0.25) is 0 Å². The first-order chi connectivity index (χ1) is 3.06. The smallest absolute Gasteiger partial charge is 0.198 e. The van der Waals surface area contributed by atoms with Crippen LogP contribution >= 0.6 is 15.9 Å². The highest BCUT2D eigenvalue weighted by molar-refractivity contribution is 9.10. The van der Waals surface area contributed by atoms with Crippen LogP contribution in [0.3, 0.4) is 0 Å².